The second-order valence-electron chi connectivity index (χ2n) is 5.53. The topological polar surface area (TPSA) is 46.2 Å². The van der Waals surface area contributed by atoms with Gasteiger partial charge in [0.25, 0.3) is 0 Å². The molecule has 1 N–H and O–H groups in total. The van der Waals surface area contributed by atoms with Crippen molar-refractivity contribution in [2.24, 2.45) is 0 Å². The van der Waals surface area contributed by atoms with Gasteiger partial charge in [0.1, 0.15) is 0 Å². The maximum atomic E-state index is 11.6. The Bertz CT molecular complexity index is 764. The van der Waals surface area contributed by atoms with E-state index in [1.165, 1.54) is 22.9 Å². The molecule has 0 aliphatic rings. The molecule has 0 amide bonds. The first-order chi connectivity index (χ1) is 9.77. The lowest BCUT2D eigenvalue weighted by molar-refractivity contribution is 0.602. The average molecular weight is 303 g/mol. The molecular weight excluding hydrogens is 282 g/mol. The van der Waals surface area contributed by atoms with Gasteiger partial charge in [0.2, 0.25) is 0 Å². The number of sulfone groups is 1. The molecule has 0 spiro atoms. The highest BCUT2D eigenvalue weighted by Gasteiger charge is 2.09. The van der Waals surface area contributed by atoms with Gasteiger partial charge in [0, 0.05) is 18.5 Å². The minimum Gasteiger partial charge on any atom is -0.381 e. The van der Waals surface area contributed by atoms with E-state index in [4.69, 9.17) is 0 Å². The van der Waals surface area contributed by atoms with Gasteiger partial charge in [-0.05, 0) is 49.6 Å². The molecule has 4 heteroatoms. The van der Waals surface area contributed by atoms with E-state index in [-0.39, 0.29) is 0 Å². The summed E-state index contributed by atoms with van der Waals surface area (Å²) in [6, 6.07) is 11.5. The molecule has 0 saturated heterocycles. The number of anilines is 1. The molecule has 3 nitrogen and oxygen atoms in total. The first-order valence-electron chi connectivity index (χ1n) is 6.88. The first-order valence-corrected chi connectivity index (χ1v) is 8.77. The van der Waals surface area contributed by atoms with E-state index < -0.39 is 9.84 Å². The molecule has 2 rings (SSSR count). The van der Waals surface area contributed by atoms with Crippen molar-refractivity contribution in [2.45, 2.75) is 32.2 Å². The van der Waals surface area contributed by atoms with Gasteiger partial charge in [-0.25, -0.2) is 8.42 Å². The molecule has 112 valence electrons. The monoisotopic (exact) mass is 303 g/mol. The molecule has 0 saturated carbocycles. The Hall–Kier alpha value is -1.81. The molecule has 0 aliphatic heterocycles. The van der Waals surface area contributed by atoms with Gasteiger partial charge in [-0.15, -0.1) is 0 Å². The van der Waals surface area contributed by atoms with Crippen LogP contribution in [0.4, 0.5) is 5.69 Å². The minimum absolute atomic E-state index is 0.344. The lowest BCUT2D eigenvalue weighted by Crippen LogP contribution is -2.05. The summed E-state index contributed by atoms with van der Waals surface area (Å²) < 4.78 is 23.3. The summed E-state index contributed by atoms with van der Waals surface area (Å²) in [5, 5.41) is 3.34. The highest BCUT2D eigenvalue weighted by atomic mass is 32.2. The summed E-state index contributed by atoms with van der Waals surface area (Å²) in [4.78, 5) is 0.344. The average Bonchev–Trinajstić information content (AvgIpc) is 2.38. The van der Waals surface area contributed by atoms with Crippen LogP contribution in [0.2, 0.25) is 0 Å². The minimum atomic E-state index is -3.18. The van der Waals surface area contributed by atoms with Gasteiger partial charge in [-0.3, -0.25) is 0 Å². The smallest absolute Gasteiger partial charge is 0.175 e. The fourth-order valence-corrected chi connectivity index (χ4v) is 2.90. The van der Waals surface area contributed by atoms with E-state index in [0.29, 0.717) is 11.4 Å². The Balaban J connectivity index is 2.23. The lowest BCUT2D eigenvalue weighted by Gasteiger charge is -2.13. The van der Waals surface area contributed by atoms with Crippen molar-refractivity contribution in [3.05, 3.63) is 58.7 Å². The zero-order valence-corrected chi connectivity index (χ0v) is 13.7. The predicted octanol–water partition coefficient (Wildman–Crippen LogP) is 3.63. The Morgan fingerprint density at radius 3 is 2.29 bits per heavy atom. The van der Waals surface area contributed by atoms with Gasteiger partial charge in [0.05, 0.1) is 4.90 Å². The quantitative estimate of drug-likeness (QED) is 0.938. The van der Waals surface area contributed by atoms with Crippen molar-refractivity contribution >= 4 is 15.5 Å². The summed E-state index contributed by atoms with van der Waals surface area (Å²) in [6.07, 6.45) is 1.23. The van der Waals surface area contributed by atoms with Crippen molar-refractivity contribution < 1.29 is 8.42 Å². The van der Waals surface area contributed by atoms with Crippen molar-refractivity contribution in [3.8, 4) is 0 Å². The van der Waals surface area contributed by atoms with Crippen LogP contribution in [-0.4, -0.2) is 14.7 Å². The number of nitrogens with one attached hydrogen (secondary N) is 1. The van der Waals surface area contributed by atoms with Crippen molar-refractivity contribution in [1.82, 2.24) is 0 Å². The second-order valence-corrected chi connectivity index (χ2v) is 7.55. The molecule has 0 bridgehead atoms. The van der Waals surface area contributed by atoms with Crippen molar-refractivity contribution in [2.75, 3.05) is 11.6 Å². The van der Waals surface area contributed by atoms with Crippen molar-refractivity contribution in [3.63, 3.8) is 0 Å². The maximum absolute atomic E-state index is 11.6. The van der Waals surface area contributed by atoms with E-state index in [1.54, 1.807) is 12.1 Å². The Kier molecular flexibility index (Phi) is 4.37. The number of hydrogen-bond donors (Lipinski definition) is 1. The standard InChI is InChI=1S/C17H21NO2S/c1-12-5-7-15(14(3)9-12)11-18-17-10-16(21(4,19)20)8-6-13(17)2/h5-10,18H,11H2,1-4H3. The van der Waals surface area contributed by atoms with Gasteiger partial charge >= 0.3 is 0 Å². The summed E-state index contributed by atoms with van der Waals surface area (Å²) >= 11 is 0. The fraction of sp³-hybridized carbons (Fsp3) is 0.294. The number of rotatable bonds is 4. The number of hydrogen-bond acceptors (Lipinski definition) is 3. The summed E-state index contributed by atoms with van der Waals surface area (Å²) in [6.45, 7) is 6.81. The molecule has 0 aromatic heterocycles. The van der Waals surface area contributed by atoms with Crippen LogP contribution in [0.1, 0.15) is 22.3 Å². The molecular formula is C17H21NO2S. The van der Waals surface area contributed by atoms with Gasteiger partial charge in [-0.1, -0.05) is 29.8 Å². The third-order valence-corrected chi connectivity index (χ3v) is 4.71. The highest BCUT2D eigenvalue weighted by Crippen LogP contribution is 2.21. The molecule has 0 atom stereocenters. The molecule has 2 aromatic carbocycles. The molecule has 21 heavy (non-hydrogen) atoms. The van der Waals surface area contributed by atoms with Crippen LogP contribution in [-0.2, 0) is 16.4 Å². The number of benzene rings is 2. The second kappa shape index (κ2) is 5.90. The zero-order valence-electron chi connectivity index (χ0n) is 12.9. The fourth-order valence-electron chi connectivity index (χ4n) is 2.26. The van der Waals surface area contributed by atoms with Crippen LogP contribution in [0, 0.1) is 20.8 Å². The zero-order chi connectivity index (χ0) is 15.6. The number of aryl methyl sites for hydroxylation is 3. The first kappa shape index (κ1) is 15.6. The van der Waals surface area contributed by atoms with Crippen LogP contribution in [0.5, 0.6) is 0 Å². The van der Waals surface area contributed by atoms with Gasteiger partial charge < -0.3 is 5.32 Å². The van der Waals surface area contributed by atoms with Crippen LogP contribution in [0.15, 0.2) is 41.3 Å². The van der Waals surface area contributed by atoms with E-state index in [1.807, 2.05) is 13.0 Å². The summed E-state index contributed by atoms with van der Waals surface area (Å²) in [5.74, 6) is 0. The summed E-state index contributed by atoms with van der Waals surface area (Å²) in [5.41, 5.74) is 5.58. The predicted molar refractivity (Wildman–Crippen MR) is 87.5 cm³/mol. The SMILES string of the molecule is Cc1ccc(CNc2cc(S(C)(=O)=O)ccc2C)c(C)c1. The van der Waals surface area contributed by atoms with Crippen LogP contribution in [0.3, 0.4) is 0 Å². The molecule has 0 aliphatic carbocycles. The Morgan fingerprint density at radius 2 is 1.67 bits per heavy atom. The third kappa shape index (κ3) is 3.85. The van der Waals surface area contributed by atoms with Crippen LogP contribution >= 0.6 is 0 Å². The van der Waals surface area contributed by atoms with Gasteiger partial charge in [0.15, 0.2) is 9.84 Å². The summed E-state index contributed by atoms with van der Waals surface area (Å²) in [7, 11) is -3.18. The van der Waals surface area contributed by atoms with Crippen LogP contribution in [0.25, 0.3) is 0 Å². The highest BCUT2D eigenvalue weighted by molar-refractivity contribution is 7.90. The molecule has 0 heterocycles. The van der Waals surface area contributed by atoms with E-state index in [2.05, 4.69) is 37.4 Å². The van der Waals surface area contributed by atoms with Crippen molar-refractivity contribution in [1.29, 1.82) is 0 Å². The lowest BCUT2D eigenvalue weighted by atomic mass is 10.1. The van der Waals surface area contributed by atoms with Crippen LogP contribution < -0.4 is 5.32 Å². The Morgan fingerprint density at radius 1 is 0.952 bits per heavy atom. The Labute approximate surface area is 126 Å². The normalized spacial score (nSPS) is 11.4. The third-order valence-electron chi connectivity index (χ3n) is 3.60. The maximum Gasteiger partial charge on any atom is 0.175 e. The molecule has 0 unspecified atom stereocenters. The van der Waals surface area contributed by atoms with Gasteiger partial charge in [-0.2, -0.15) is 0 Å². The molecule has 0 radical (unpaired) electrons. The molecule has 0 fully saturated rings. The van der Waals surface area contributed by atoms with E-state index >= 15 is 0 Å². The van der Waals surface area contributed by atoms with E-state index in [9.17, 15) is 8.42 Å². The largest absolute Gasteiger partial charge is 0.381 e. The molecule has 2 aromatic rings. The van der Waals surface area contributed by atoms with E-state index in [0.717, 1.165) is 11.3 Å².